The summed E-state index contributed by atoms with van der Waals surface area (Å²) in [4.78, 5) is 12.4. The van der Waals surface area contributed by atoms with Crippen LogP contribution in [0.15, 0.2) is 60.9 Å². The Morgan fingerprint density at radius 3 is 2.89 bits per heavy atom. The van der Waals surface area contributed by atoms with Crippen LogP contribution in [0, 0.1) is 0 Å². The van der Waals surface area contributed by atoms with Gasteiger partial charge in [-0.05, 0) is 36.4 Å². The van der Waals surface area contributed by atoms with Gasteiger partial charge in [0.25, 0.3) is 0 Å². The Morgan fingerprint density at radius 1 is 1.07 bits per heavy atom. The third kappa shape index (κ3) is 2.80. The number of halogens is 1. The molecule has 6 nitrogen and oxygen atoms in total. The van der Waals surface area contributed by atoms with Crippen LogP contribution in [0.1, 0.15) is 0 Å². The highest BCUT2D eigenvalue weighted by Crippen LogP contribution is 2.31. The van der Waals surface area contributed by atoms with Gasteiger partial charge in [-0.25, -0.2) is 4.98 Å². The van der Waals surface area contributed by atoms with E-state index in [1.807, 2.05) is 61.8 Å². The summed E-state index contributed by atoms with van der Waals surface area (Å²) in [5.41, 5.74) is 2.56. The van der Waals surface area contributed by atoms with Crippen molar-refractivity contribution in [3.63, 3.8) is 0 Å². The Morgan fingerprint density at radius 2 is 2.00 bits per heavy atom. The maximum Gasteiger partial charge on any atom is 0.234 e. The van der Waals surface area contributed by atoms with E-state index in [4.69, 9.17) is 16.3 Å². The van der Waals surface area contributed by atoms with Crippen LogP contribution in [0.3, 0.4) is 0 Å². The number of aryl methyl sites for hydroxylation is 1. The lowest BCUT2D eigenvalue weighted by atomic mass is 10.2. The second-order valence-electron chi connectivity index (χ2n) is 6.20. The topological polar surface area (TPSA) is 68.6 Å². The third-order valence-corrected chi connectivity index (χ3v) is 4.61. The number of nitrogens with zero attached hydrogens (tertiary/aromatic N) is 4. The summed E-state index contributed by atoms with van der Waals surface area (Å²) in [6, 6.07) is 15.3. The minimum atomic E-state index is 0.456. The first-order valence-corrected chi connectivity index (χ1v) is 8.76. The molecule has 7 heteroatoms. The molecule has 0 unspecified atom stereocenters. The number of fused-ring (bicyclic) bond motifs is 2. The molecule has 0 fully saturated rings. The number of aromatic amines is 1. The average molecular weight is 376 g/mol. The van der Waals surface area contributed by atoms with Crippen LogP contribution in [0.25, 0.3) is 33.3 Å². The van der Waals surface area contributed by atoms with Gasteiger partial charge in [0.15, 0.2) is 11.5 Å². The van der Waals surface area contributed by atoms with E-state index in [0.717, 1.165) is 21.9 Å². The summed E-state index contributed by atoms with van der Waals surface area (Å²) < 4.78 is 7.83. The Balaban J connectivity index is 1.65. The van der Waals surface area contributed by atoms with Crippen molar-refractivity contribution < 1.29 is 4.74 Å². The molecule has 5 rings (SSSR count). The van der Waals surface area contributed by atoms with Crippen molar-refractivity contribution in [1.29, 1.82) is 0 Å². The van der Waals surface area contributed by atoms with Gasteiger partial charge in [-0.1, -0.05) is 23.7 Å². The second-order valence-corrected chi connectivity index (χ2v) is 6.63. The first-order valence-electron chi connectivity index (χ1n) is 8.38. The van der Waals surface area contributed by atoms with Crippen LogP contribution in [-0.4, -0.2) is 24.7 Å². The van der Waals surface area contributed by atoms with E-state index in [2.05, 4.69) is 20.1 Å². The monoisotopic (exact) mass is 375 g/mol. The Labute approximate surface area is 159 Å². The van der Waals surface area contributed by atoms with Gasteiger partial charge in [0.1, 0.15) is 11.1 Å². The normalized spacial score (nSPS) is 11.3. The zero-order valence-corrected chi connectivity index (χ0v) is 15.1. The van der Waals surface area contributed by atoms with E-state index in [9.17, 15) is 0 Å². The lowest BCUT2D eigenvalue weighted by Gasteiger charge is -2.09. The highest BCUT2D eigenvalue weighted by Gasteiger charge is 2.15. The molecule has 0 bridgehead atoms. The quantitative estimate of drug-likeness (QED) is 0.484. The minimum absolute atomic E-state index is 0.456. The molecule has 0 atom stereocenters. The minimum Gasteiger partial charge on any atom is -0.438 e. The van der Waals surface area contributed by atoms with Crippen molar-refractivity contribution in [2.75, 3.05) is 0 Å². The van der Waals surface area contributed by atoms with Gasteiger partial charge in [-0.3, -0.25) is 4.68 Å². The fraction of sp³-hybridized carbons (Fsp3) is 0.0500. The van der Waals surface area contributed by atoms with Crippen LogP contribution in [-0.2, 0) is 7.05 Å². The fourth-order valence-corrected chi connectivity index (χ4v) is 3.23. The predicted octanol–water partition coefficient (Wildman–Crippen LogP) is 4.96. The van der Waals surface area contributed by atoms with Crippen LogP contribution in [0.2, 0.25) is 5.02 Å². The van der Waals surface area contributed by atoms with Gasteiger partial charge in [-0.15, -0.1) is 0 Å². The Kier molecular flexibility index (Phi) is 3.58. The predicted molar refractivity (Wildman–Crippen MR) is 105 cm³/mol. The number of H-pyrrole nitrogens is 1. The molecule has 0 aliphatic rings. The molecule has 5 aromatic rings. The molecule has 0 saturated carbocycles. The largest absolute Gasteiger partial charge is 0.438 e. The van der Waals surface area contributed by atoms with E-state index < -0.39 is 0 Å². The molecule has 3 heterocycles. The molecule has 2 aromatic carbocycles. The first-order chi connectivity index (χ1) is 13.2. The van der Waals surface area contributed by atoms with Crippen molar-refractivity contribution >= 4 is 33.5 Å². The lowest BCUT2D eigenvalue weighted by Crippen LogP contribution is -1.98. The number of benzene rings is 2. The van der Waals surface area contributed by atoms with E-state index in [-0.39, 0.29) is 0 Å². The molecule has 0 spiro atoms. The first kappa shape index (κ1) is 15.8. The maximum absolute atomic E-state index is 6.13. The number of rotatable bonds is 3. The third-order valence-electron chi connectivity index (χ3n) is 4.38. The molecule has 1 N–H and O–H groups in total. The molecule has 0 radical (unpaired) electrons. The number of aromatic nitrogens is 5. The van der Waals surface area contributed by atoms with Crippen LogP contribution >= 0.6 is 11.6 Å². The van der Waals surface area contributed by atoms with E-state index >= 15 is 0 Å². The molecule has 3 aromatic heterocycles. The van der Waals surface area contributed by atoms with Crippen molar-refractivity contribution in [2.45, 2.75) is 0 Å². The number of hydrogen-bond donors (Lipinski definition) is 1. The number of nitrogens with one attached hydrogen (secondary N) is 1. The smallest absolute Gasteiger partial charge is 0.234 e. The molecule has 132 valence electrons. The highest BCUT2D eigenvalue weighted by atomic mass is 35.5. The van der Waals surface area contributed by atoms with Crippen molar-refractivity contribution in [2.24, 2.45) is 7.05 Å². The Bertz CT molecular complexity index is 1290. The van der Waals surface area contributed by atoms with Crippen molar-refractivity contribution in [1.82, 2.24) is 24.7 Å². The summed E-state index contributed by atoms with van der Waals surface area (Å²) in [5.74, 6) is 1.69. The molecular formula is C20H14ClN5O. The zero-order valence-electron chi connectivity index (χ0n) is 14.3. The van der Waals surface area contributed by atoms with Gasteiger partial charge in [0, 0.05) is 34.7 Å². The van der Waals surface area contributed by atoms with Crippen LogP contribution < -0.4 is 4.74 Å². The Hall–Kier alpha value is -3.38. The van der Waals surface area contributed by atoms with Crippen molar-refractivity contribution in [3.05, 3.63) is 65.9 Å². The second kappa shape index (κ2) is 6.10. The standard InChI is InChI=1S/C20H14ClN5O/c1-26-19-16(11-23-26)20(25-18(24-19)13-3-2-4-14(21)9-13)27-15-5-6-17-12(10-15)7-8-22-17/h2-11,22H,1H3. The van der Waals surface area contributed by atoms with Gasteiger partial charge < -0.3 is 9.72 Å². The highest BCUT2D eigenvalue weighted by molar-refractivity contribution is 6.30. The summed E-state index contributed by atoms with van der Waals surface area (Å²) in [6.45, 7) is 0. The van der Waals surface area contributed by atoms with Crippen molar-refractivity contribution in [3.8, 4) is 23.0 Å². The maximum atomic E-state index is 6.13. The summed E-state index contributed by atoms with van der Waals surface area (Å²) >= 11 is 6.13. The van der Waals surface area contributed by atoms with Crippen LogP contribution in [0.5, 0.6) is 11.6 Å². The molecule has 0 amide bonds. The number of ether oxygens (including phenoxy) is 1. The fourth-order valence-electron chi connectivity index (χ4n) is 3.04. The summed E-state index contributed by atoms with van der Waals surface area (Å²) in [7, 11) is 1.84. The van der Waals surface area contributed by atoms with Crippen LogP contribution in [0.4, 0.5) is 0 Å². The summed E-state index contributed by atoms with van der Waals surface area (Å²) in [5, 5.41) is 6.74. The number of hydrogen-bond acceptors (Lipinski definition) is 4. The van der Waals surface area contributed by atoms with E-state index in [0.29, 0.717) is 28.1 Å². The SMILES string of the molecule is Cn1ncc2c(Oc3ccc4[nH]ccc4c3)nc(-c3cccc(Cl)c3)nc21. The zero-order chi connectivity index (χ0) is 18.4. The molecule has 0 aliphatic heterocycles. The molecular weight excluding hydrogens is 362 g/mol. The van der Waals surface area contributed by atoms with Gasteiger partial charge in [0.05, 0.1) is 6.20 Å². The molecule has 27 heavy (non-hydrogen) atoms. The van der Waals surface area contributed by atoms with Gasteiger partial charge >= 0.3 is 0 Å². The summed E-state index contributed by atoms with van der Waals surface area (Å²) in [6.07, 6.45) is 3.61. The van der Waals surface area contributed by atoms with E-state index in [1.165, 1.54) is 0 Å². The average Bonchev–Trinajstić information content (AvgIpc) is 3.28. The van der Waals surface area contributed by atoms with Gasteiger partial charge in [0.2, 0.25) is 5.88 Å². The van der Waals surface area contributed by atoms with Gasteiger partial charge in [-0.2, -0.15) is 10.1 Å². The molecule has 0 aliphatic carbocycles. The lowest BCUT2D eigenvalue weighted by molar-refractivity contribution is 0.469. The molecule has 0 saturated heterocycles. The van der Waals surface area contributed by atoms with E-state index in [1.54, 1.807) is 10.9 Å².